The van der Waals surface area contributed by atoms with Crippen LogP contribution in [0.2, 0.25) is 0 Å². The van der Waals surface area contributed by atoms with Gasteiger partial charge in [0, 0.05) is 32.5 Å². The number of rotatable bonds is 14. The summed E-state index contributed by atoms with van der Waals surface area (Å²) in [6, 6.07) is 21.8. The van der Waals surface area contributed by atoms with E-state index >= 15 is 0 Å². The third kappa shape index (κ3) is 9.08. The van der Waals surface area contributed by atoms with Crippen LogP contribution in [0.25, 0.3) is 0 Å². The van der Waals surface area contributed by atoms with Gasteiger partial charge in [-0.1, -0.05) is 48.5 Å². The van der Waals surface area contributed by atoms with Crippen molar-refractivity contribution in [3.05, 3.63) is 95.1 Å². The Balaban J connectivity index is 1.88. The van der Waals surface area contributed by atoms with Crippen LogP contribution in [-0.2, 0) is 32.6 Å². The second kappa shape index (κ2) is 14.7. The fourth-order valence-electron chi connectivity index (χ4n) is 4.70. The Morgan fingerprint density at radius 2 is 1.63 bits per heavy atom. The summed E-state index contributed by atoms with van der Waals surface area (Å²) in [5.41, 5.74) is 4.39. The predicted octanol–water partition coefficient (Wildman–Crippen LogP) is 4.63. The number of hydrogen-bond acceptors (Lipinski definition) is 5. The van der Waals surface area contributed by atoms with Crippen molar-refractivity contribution < 1.29 is 22.7 Å². The van der Waals surface area contributed by atoms with E-state index in [4.69, 9.17) is 4.74 Å². The van der Waals surface area contributed by atoms with Gasteiger partial charge in [0.1, 0.15) is 11.8 Å². The molecule has 1 unspecified atom stereocenters. The average Bonchev–Trinajstić information content (AvgIpc) is 2.94. The van der Waals surface area contributed by atoms with Crippen LogP contribution in [0.5, 0.6) is 5.75 Å². The number of sulfonamides is 1. The first-order valence-corrected chi connectivity index (χ1v) is 15.7. The highest BCUT2D eigenvalue weighted by Gasteiger charge is 2.30. The quantitative estimate of drug-likeness (QED) is 0.300. The second-order valence-corrected chi connectivity index (χ2v) is 12.1. The van der Waals surface area contributed by atoms with Crippen LogP contribution in [0.1, 0.15) is 42.0 Å². The molecular formula is C32H41N3O5S. The van der Waals surface area contributed by atoms with Gasteiger partial charge < -0.3 is 15.0 Å². The lowest BCUT2D eigenvalue weighted by molar-refractivity contribution is -0.141. The van der Waals surface area contributed by atoms with Gasteiger partial charge in [-0.25, -0.2) is 8.42 Å². The van der Waals surface area contributed by atoms with E-state index in [0.717, 1.165) is 22.3 Å². The topological polar surface area (TPSA) is 96.0 Å². The summed E-state index contributed by atoms with van der Waals surface area (Å²) in [7, 11) is -1.99. The molecule has 0 saturated heterocycles. The van der Waals surface area contributed by atoms with E-state index in [2.05, 4.69) is 5.32 Å². The van der Waals surface area contributed by atoms with Crippen LogP contribution in [0.3, 0.4) is 0 Å². The smallest absolute Gasteiger partial charge is 0.243 e. The van der Waals surface area contributed by atoms with E-state index < -0.39 is 16.1 Å². The number of likely N-dealkylation sites (N-methyl/N-ethyl adjacent to an activating group) is 1. The molecule has 0 aromatic heterocycles. The maximum Gasteiger partial charge on any atom is 0.243 e. The Labute approximate surface area is 244 Å². The number of nitrogens with zero attached hydrogens (tertiary/aromatic N) is 2. The maximum atomic E-state index is 13.9. The second-order valence-electron chi connectivity index (χ2n) is 10.2. The first-order chi connectivity index (χ1) is 19.5. The Bertz CT molecular complexity index is 1430. The molecular weight excluding hydrogens is 538 g/mol. The number of aryl methyl sites for hydroxylation is 2. The third-order valence-electron chi connectivity index (χ3n) is 7.04. The van der Waals surface area contributed by atoms with Gasteiger partial charge in [0.15, 0.2) is 0 Å². The van der Waals surface area contributed by atoms with Crippen molar-refractivity contribution in [3.63, 3.8) is 0 Å². The molecule has 0 fully saturated rings. The number of hydrogen-bond donors (Lipinski definition) is 1. The molecule has 0 spiro atoms. The molecule has 0 aliphatic heterocycles. The number of methoxy groups -OCH3 is 1. The van der Waals surface area contributed by atoms with Gasteiger partial charge in [0.2, 0.25) is 21.8 Å². The normalized spacial score (nSPS) is 11.9. The lowest BCUT2D eigenvalue weighted by atomic mass is 10.0. The number of carbonyl (C=O) groups is 2. The number of amides is 2. The van der Waals surface area contributed by atoms with Gasteiger partial charge in [0.05, 0.1) is 19.1 Å². The van der Waals surface area contributed by atoms with Gasteiger partial charge >= 0.3 is 0 Å². The van der Waals surface area contributed by atoms with E-state index in [1.165, 1.54) is 10.6 Å². The fourth-order valence-corrected chi connectivity index (χ4v) is 5.66. The maximum absolute atomic E-state index is 13.9. The number of carbonyl (C=O) groups excluding carboxylic acids is 2. The molecule has 3 rings (SSSR count). The van der Waals surface area contributed by atoms with Crippen molar-refractivity contribution in [3.8, 4) is 5.75 Å². The van der Waals surface area contributed by atoms with Crippen molar-refractivity contribution in [2.45, 2.75) is 52.6 Å². The minimum Gasteiger partial charge on any atom is -0.497 e. The summed E-state index contributed by atoms with van der Waals surface area (Å²) in [4.78, 5) is 28.8. The first kappa shape index (κ1) is 31.7. The zero-order valence-corrected chi connectivity index (χ0v) is 25.4. The highest BCUT2D eigenvalue weighted by molar-refractivity contribution is 7.92. The molecule has 41 heavy (non-hydrogen) atoms. The Hall–Kier alpha value is -3.85. The monoisotopic (exact) mass is 579 g/mol. The van der Waals surface area contributed by atoms with Gasteiger partial charge in [-0.15, -0.1) is 0 Å². The van der Waals surface area contributed by atoms with E-state index in [0.29, 0.717) is 30.8 Å². The number of anilines is 1. The Morgan fingerprint density at radius 1 is 0.927 bits per heavy atom. The molecule has 1 atom stereocenters. The van der Waals surface area contributed by atoms with Crippen LogP contribution >= 0.6 is 0 Å². The predicted molar refractivity (Wildman–Crippen MR) is 164 cm³/mol. The highest BCUT2D eigenvalue weighted by atomic mass is 32.2. The molecule has 2 amide bonds. The molecule has 0 radical (unpaired) electrons. The minimum atomic E-state index is -3.57. The summed E-state index contributed by atoms with van der Waals surface area (Å²) in [5.74, 6) is 0.193. The van der Waals surface area contributed by atoms with Crippen LogP contribution < -0.4 is 14.4 Å². The molecule has 0 aliphatic carbocycles. The Morgan fingerprint density at radius 3 is 2.27 bits per heavy atom. The van der Waals surface area contributed by atoms with Crippen LogP contribution in [0, 0.1) is 13.8 Å². The molecule has 3 aromatic rings. The van der Waals surface area contributed by atoms with Crippen LogP contribution in [0.15, 0.2) is 72.8 Å². The molecule has 8 nitrogen and oxygen atoms in total. The summed E-state index contributed by atoms with van der Waals surface area (Å²) < 4.78 is 32.1. The van der Waals surface area contributed by atoms with E-state index in [1.54, 1.807) is 18.1 Å². The third-order valence-corrected chi connectivity index (χ3v) is 8.23. The largest absolute Gasteiger partial charge is 0.497 e. The molecule has 0 bridgehead atoms. The molecule has 3 aromatic carbocycles. The SMILES string of the molecule is CCNC(=O)C(Cc1ccccc1)N(Cc1cccc(OC)c1)C(=O)CCCN(c1ccc(C)c(C)c1)S(C)(=O)=O. The zero-order chi connectivity index (χ0) is 30.0. The lowest BCUT2D eigenvalue weighted by Crippen LogP contribution is -2.50. The zero-order valence-electron chi connectivity index (χ0n) is 24.6. The van der Waals surface area contributed by atoms with Gasteiger partial charge in [-0.3, -0.25) is 13.9 Å². The van der Waals surface area contributed by atoms with E-state index in [9.17, 15) is 18.0 Å². The first-order valence-electron chi connectivity index (χ1n) is 13.8. The molecule has 9 heteroatoms. The highest BCUT2D eigenvalue weighted by Crippen LogP contribution is 2.23. The fraction of sp³-hybridized carbons (Fsp3) is 0.375. The number of ether oxygens (including phenoxy) is 1. The van der Waals surface area contributed by atoms with Gasteiger partial charge in [-0.05, 0) is 73.7 Å². The standard InChI is InChI=1S/C32H41N3O5S/c1-6-33-32(37)30(22-26-12-8-7-9-13-26)34(23-27-14-10-15-29(21-27)40-4)31(36)16-11-19-35(41(5,38)39)28-18-17-24(2)25(3)20-28/h7-10,12-15,17-18,20-21,30H,6,11,16,19,22-23H2,1-5H3,(H,33,37). The van der Waals surface area contributed by atoms with Crippen molar-refractivity contribution >= 4 is 27.5 Å². The molecule has 220 valence electrons. The van der Waals surface area contributed by atoms with Crippen molar-refractivity contribution in [1.82, 2.24) is 10.2 Å². The molecule has 0 aliphatic rings. The van der Waals surface area contributed by atoms with Crippen LogP contribution in [-0.4, -0.2) is 57.6 Å². The summed E-state index contributed by atoms with van der Waals surface area (Å²) in [5, 5.41) is 2.89. The molecule has 0 saturated carbocycles. The van der Waals surface area contributed by atoms with Gasteiger partial charge in [0.25, 0.3) is 0 Å². The lowest BCUT2D eigenvalue weighted by Gasteiger charge is -2.32. The number of benzene rings is 3. The van der Waals surface area contributed by atoms with Gasteiger partial charge in [-0.2, -0.15) is 0 Å². The summed E-state index contributed by atoms with van der Waals surface area (Å²) in [6.07, 6.45) is 1.89. The summed E-state index contributed by atoms with van der Waals surface area (Å²) in [6.45, 7) is 6.54. The van der Waals surface area contributed by atoms with Crippen molar-refractivity contribution in [1.29, 1.82) is 0 Å². The molecule has 0 heterocycles. The number of nitrogens with one attached hydrogen (secondary N) is 1. The summed E-state index contributed by atoms with van der Waals surface area (Å²) >= 11 is 0. The van der Waals surface area contributed by atoms with Crippen LogP contribution in [0.4, 0.5) is 5.69 Å². The van der Waals surface area contributed by atoms with Crippen molar-refractivity contribution in [2.75, 3.05) is 30.8 Å². The van der Waals surface area contributed by atoms with Crippen molar-refractivity contribution in [2.24, 2.45) is 0 Å². The minimum absolute atomic E-state index is 0.0749. The average molecular weight is 580 g/mol. The molecule has 1 N–H and O–H groups in total. The van der Waals surface area contributed by atoms with E-state index in [1.807, 2.05) is 87.5 Å². The Kier molecular flexibility index (Phi) is 11.3. The van der Waals surface area contributed by atoms with E-state index in [-0.39, 0.29) is 31.3 Å².